The number of carbonyl (C=O) groups is 1. The standard InChI is InChI=1S/C26H20ClF2N3O2S/c1-34-24-10-8-19-25(27)17(13-31-26(19)32-24)7-9-23(33)30-14-20-21(28)11-18(12-22(20)29)35-15-16-5-3-2-4-6-16/h2-13H,14-15H2,1H3,(H,30,33)/b9-7+. The Bertz CT molecular complexity index is 1380. The third-order valence-corrected chi connectivity index (χ3v) is 6.56. The van der Waals surface area contributed by atoms with Crippen molar-refractivity contribution in [2.24, 2.45) is 0 Å². The van der Waals surface area contributed by atoms with Crippen LogP contribution in [0.2, 0.25) is 5.02 Å². The molecule has 2 aromatic heterocycles. The van der Waals surface area contributed by atoms with Crippen LogP contribution in [0.4, 0.5) is 8.78 Å². The number of halogens is 3. The second-order valence-electron chi connectivity index (χ2n) is 7.44. The van der Waals surface area contributed by atoms with Gasteiger partial charge in [0.15, 0.2) is 5.65 Å². The first kappa shape index (κ1) is 24.6. The molecule has 0 atom stereocenters. The number of rotatable bonds is 8. The Balaban J connectivity index is 1.38. The highest BCUT2D eigenvalue weighted by molar-refractivity contribution is 7.98. The summed E-state index contributed by atoms with van der Waals surface area (Å²) in [5.74, 6) is -0.957. The summed E-state index contributed by atoms with van der Waals surface area (Å²) in [6, 6.07) is 15.6. The molecule has 0 bridgehead atoms. The average Bonchev–Trinajstić information content (AvgIpc) is 2.87. The van der Waals surface area contributed by atoms with Crippen molar-refractivity contribution in [3.05, 3.63) is 100 Å². The van der Waals surface area contributed by atoms with Gasteiger partial charge in [-0.05, 0) is 29.8 Å². The maximum Gasteiger partial charge on any atom is 0.244 e. The number of benzene rings is 2. The first-order valence-electron chi connectivity index (χ1n) is 10.5. The van der Waals surface area contributed by atoms with Crippen LogP contribution < -0.4 is 10.1 Å². The summed E-state index contributed by atoms with van der Waals surface area (Å²) in [5.41, 5.74) is 1.76. The number of ether oxygens (including phenoxy) is 1. The van der Waals surface area contributed by atoms with E-state index in [4.69, 9.17) is 16.3 Å². The van der Waals surface area contributed by atoms with Crippen LogP contribution in [0.25, 0.3) is 17.1 Å². The molecule has 35 heavy (non-hydrogen) atoms. The van der Waals surface area contributed by atoms with E-state index >= 15 is 0 Å². The van der Waals surface area contributed by atoms with Gasteiger partial charge < -0.3 is 10.1 Å². The van der Waals surface area contributed by atoms with Gasteiger partial charge in [0.1, 0.15) is 11.6 Å². The first-order valence-corrected chi connectivity index (χ1v) is 11.9. The Morgan fingerprint density at radius 3 is 2.60 bits per heavy atom. The predicted molar refractivity (Wildman–Crippen MR) is 134 cm³/mol. The van der Waals surface area contributed by atoms with Crippen molar-refractivity contribution in [1.29, 1.82) is 0 Å². The van der Waals surface area contributed by atoms with E-state index in [1.165, 1.54) is 49.4 Å². The first-order chi connectivity index (χ1) is 16.9. The highest BCUT2D eigenvalue weighted by atomic mass is 35.5. The lowest BCUT2D eigenvalue weighted by atomic mass is 10.2. The van der Waals surface area contributed by atoms with Crippen molar-refractivity contribution < 1.29 is 18.3 Å². The molecule has 4 rings (SSSR count). The van der Waals surface area contributed by atoms with Crippen LogP contribution in [0.1, 0.15) is 16.7 Å². The molecule has 4 aromatic rings. The Kier molecular flexibility index (Phi) is 7.94. The molecule has 2 aromatic carbocycles. The average molecular weight is 512 g/mol. The van der Waals surface area contributed by atoms with Gasteiger partial charge in [0, 0.05) is 52.0 Å². The number of thioether (sulfide) groups is 1. The third kappa shape index (κ3) is 6.15. The number of methoxy groups -OCH3 is 1. The van der Waals surface area contributed by atoms with Crippen molar-refractivity contribution >= 4 is 46.4 Å². The van der Waals surface area contributed by atoms with Gasteiger partial charge in [-0.2, -0.15) is 4.98 Å². The van der Waals surface area contributed by atoms with Crippen LogP contribution in [0.15, 0.2) is 71.8 Å². The van der Waals surface area contributed by atoms with Crippen molar-refractivity contribution in [3.63, 3.8) is 0 Å². The molecule has 5 nitrogen and oxygen atoms in total. The zero-order chi connectivity index (χ0) is 24.8. The summed E-state index contributed by atoms with van der Waals surface area (Å²) in [7, 11) is 1.50. The molecule has 0 saturated heterocycles. The SMILES string of the molecule is COc1ccc2c(Cl)c(/C=C/C(=O)NCc3c(F)cc(SCc4ccccc4)cc3F)cnc2n1. The van der Waals surface area contributed by atoms with E-state index in [1.807, 2.05) is 30.3 Å². The number of hydrogen-bond acceptors (Lipinski definition) is 5. The minimum absolute atomic E-state index is 0.207. The largest absolute Gasteiger partial charge is 0.481 e. The summed E-state index contributed by atoms with van der Waals surface area (Å²) in [6.45, 7) is -0.294. The van der Waals surface area contributed by atoms with E-state index in [1.54, 1.807) is 12.1 Å². The quantitative estimate of drug-likeness (QED) is 0.226. The Morgan fingerprint density at radius 1 is 1.14 bits per heavy atom. The minimum Gasteiger partial charge on any atom is -0.481 e. The molecule has 0 radical (unpaired) electrons. The van der Waals surface area contributed by atoms with E-state index in [0.717, 1.165) is 5.56 Å². The van der Waals surface area contributed by atoms with Crippen LogP contribution >= 0.6 is 23.4 Å². The fourth-order valence-corrected chi connectivity index (χ4v) is 4.40. The van der Waals surface area contributed by atoms with Crippen LogP contribution in [0.5, 0.6) is 5.88 Å². The van der Waals surface area contributed by atoms with E-state index < -0.39 is 17.5 Å². The number of aromatic nitrogens is 2. The van der Waals surface area contributed by atoms with Crippen LogP contribution in [0.3, 0.4) is 0 Å². The number of fused-ring (bicyclic) bond motifs is 1. The van der Waals surface area contributed by atoms with E-state index in [-0.39, 0.29) is 12.1 Å². The molecule has 0 aliphatic heterocycles. The summed E-state index contributed by atoms with van der Waals surface area (Å²) < 4.78 is 34.1. The molecule has 1 N–H and O–H groups in total. The van der Waals surface area contributed by atoms with Gasteiger partial charge in [-0.3, -0.25) is 4.79 Å². The summed E-state index contributed by atoms with van der Waals surface area (Å²) in [5, 5.41) is 3.47. The number of carbonyl (C=O) groups excluding carboxylic acids is 1. The molecule has 178 valence electrons. The van der Waals surface area contributed by atoms with Gasteiger partial charge in [-0.1, -0.05) is 41.9 Å². The van der Waals surface area contributed by atoms with E-state index in [0.29, 0.717) is 38.1 Å². The fraction of sp³-hybridized carbons (Fsp3) is 0.115. The molecule has 0 aliphatic carbocycles. The van der Waals surface area contributed by atoms with Crippen molar-refractivity contribution in [2.45, 2.75) is 17.2 Å². The van der Waals surface area contributed by atoms with Gasteiger partial charge in [0.25, 0.3) is 0 Å². The number of hydrogen-bond donors (Lipinski definition) is 1. The Morgan fingerprint density at radius 2 is 1.89 bits per heavy atom. The molecule has 1 amide bonds. The second-order valence-corrected chi connectivity index (χ2v) is 8.87. The molecular formula is C26H20ClF2N3O2S. The zero-order valence-electron chi connectivity index (χ0n) is 18.6. The van der Waals surface area contributed by atoms with Gasteiger partial charge in [-0.25, -0.2) is 13.8 Å². The van der Waals surface area contributed by atoms with Crippen LogP contribution in [-0.2, 0) is 17.1 Å². The molecule has 0 aliphatic rings. The Hall–Kier alpha value is -3.49. The topological polar surface area (TPSA) is 64.1 Å². The maximum atomic E-state index is 14.5. The van der Waals surface area contributed by atoms with Gasteiger partial charge in [0.2, 0.25) is 11.8 Å². The molecule has 0 saturated carbocycles. The normalized spacial score (nSPS) is 11.2. The molecule has 0 fully saturated rings. The van der Waals surface area contributed by atoms with Crippen molar-refractivity contribution in [1.82, 2.24) is 15.3 Å². The van der Waals surface area contributed by atoms with Gasteiger partial charge >= 0.3 is 0 Å². The van der Waals surface area contributed by atoms with Crippen molar-refractivity contribution in [2.75, 3.05) is 7.11 Å². The highest BCUT2D eigenvalue weighted by Gasteiger charge is 2.13. The maximum absolute atomic E-state index is 14.5. The molecule has 0 spiro atoms. The molecule has 9 heteroatoms. The highest BCUT2D eigenvalue weighted by Crippen LogP contribution is 2.28. The van der Waals surface area contributed by atoms with Crippen LogP contribution in [0, 0.1) is 11.6 Å². The number of pyridine rings is 2. The molecule has 0 unspecified atom stereocenters. The lowest BCUT2D eigenvalue weighted by Gasteiger charge is -2.09. The third-order valence-electron chi connectivity index (χ3n) is 5.09. The van der Waals surface area contributed by atoms with Gasteiger partial charge in [0.05, 0.1) is 12.1 Å². The second kappa shape index (κ2) is 11.3. The van der Waals surface area contributed by atoms with E-state index in [2.05, 4.69) is 15.3 Å². The van der Waals surface area contributed by atoms with Crippen molar-refractivity contribution in [3.8, 4) is 5.88 Å². The predicted octanol–water partition coefficient (Wildman–Crippen LogP) is 6.19. The number of amides is 1. The monoisotopic (exact) mass is 511 g/mol. The summed E-state index contributed by atoms with van der Waals surface area (Å²) in [6.07, 6.45) is 4.18. The minimum atomic E-state index is -0.713. The molecular weight excluding hydrogens is 492 g/mol. The summed E-state index contributed by atoms with van der Waals surface area (Å²) in [4.78, 5) is 21.2. The smallest absolute Gasteiger partial charge is 0.244 e. The van der Waals surface area contributed by atoms with Gasteiger partial charge in [-0.15, -0.1) is 11.8 Å². The molecule has 2 heterocycles. The Labute approximate surface area is 210 Å². The van der Waals surface area contributed by atoms with E-state index in [9.17, 15) is 13.6 Å². The lowest BCUT2D eigenvalue weighted by Crippen LogP contribution is -2.21. The number of nitrogens with zero attached hydrogens (tertiary/aromatic N) is 2. The lowest BCUT2D eigenvalue weighted by molar-refractivity contribution is -0.116. The fourth-order valence-electron chi connectivity index (χ4n) is 3.25. The van der Waals surface area contributed by atoms with Crippen LogP contribution in [-0.4, -0.2) is 23.0 Å². The summed E-state index contributed by atoms with van der Waals surface area (Å²) >= 11 is 7.75. The number of nitrogens with one attached hydrogen (secondary N) is 1. The zero-order valence-corrected chi connectivity index (χ0v) is 20.2.